The van der Waals surface area contributed by atoms with E-state index >= 15 is 0 Å². The first-order valence-corrected chi connectivity index (χ1v) is 8.95. The Morgan fingerprint density at radius 1 is 1.33 bits per heavy atom. The number of rotatable bonds is 4. The van der Waals surface area contributed by atoms with Crippen LogP contribution in [0.4, 0.5) is 0 Å². The Morgan fingerprint density at radius 2 is 2.21 bits per heavy atom. The number of benzene rings is 1. The Balaban J connectivity index is 1.36. The Labute approximate surface area is 144 Å². The molecule has 24 heavy (non-hydrogen) atoms. The second-order valence-corrected chi connectivity index (χ2v) is 6.84. The first kappa shape index (κ1) is 15.1. The van der Waals surface area contributed by atoms with Gasteiger partial charge in [-0.1, -0.05) is 30.3 Å². The molecule has 1 aliphatic rings. The zero-order valence-electron chi connectivity index (χ0n) is 13.2. The molecule has 1 aromatic carbocycles. The molecule has 0 saturated carbocycles. The summed E-state index contributed by atoms with van der Waals surface area (Å²) in [6, 6.07) is 10.2. The van der Waals surface area contributed by atoms with Crippen molar-refractivity contribution in [3.05, 3.63) is 59.6 Å². The molecule has 4 rings (SSSR count). The second-order valence-electron chi connectivity index (χ2n) is 5.99. The molecule has 122 valence electrons. The van der Waals surface area contributed by atoms with E-state index in [1.807, 2.05) is 48.1 Å². The number of fused-ring (bicyclic) bond motifs is 1. The van der Waals surface area contributed by atoms with E-state index in [1.54, 1.807) is 11.3 Å². The number of amides is 1. The third-order valence-corrected chi connectivity index (χ3v) is 5.15. The van der Waals surface area contributed by atoms with Crippen molar-refractivity contribution in [2.24, 2.45) is 0 Å². The van der Waals surface area contributed by atoms with Crippen LogP contribution in [0, 0.1) is 0 Å². The fourth-order valence-corrected chi connectivity index (χ4v) is 3.85. The van der Waals surface area contributed by atoms with Crippen LogP contribution in [0.15, 0.2) is 48.1 Å². The van der Waals surface area contributed by atoms with E-state index in [9.17, 15) is 4.79 Å². The van der Waals surface area contributed by atoms with Crippen molar-refractivity contribution < 1.29 is 4.79 Å². The monoisotopic (exact) mass is 338 g/mol. The van der Waals surface area contributed by atoms with Gasteiger partial charge in [-0.15, -0.1) is 11.3 Å². The Bertz CT molecular complexity index is 840. The highest BCUT2D eigenvalue weighted by Gasteiger charge is 2.20. The van der Waals surface area contributed by atoms with E-state index in [4.69, 9.17) is 0 Å². The van der Waals surface area contributed by atoms with Crippen LogP contribution in [-0.2, 0) is 24.2 Å². The number of imidazole rings is 1. The highest BCUT2D eigenvalue weighted by molar-refractivity contribution is 7.13. The first-order valence-electron chi connectivity index (χ1n) is 8.07. The van der Waals surface area contributed by atoms with Crippen molar-refractivity contribution in [1.82, 2.24) is 19.9 Å². The molecule has 5 nitrogen and oxygen atoms in total. The van der Waals surface area contributed by atoms with Crippen LogP contribution in [-0.4, -0.2) is 26.5 Å². The summed E-state index contributed by atoms with van der Waals surface area (Å²) in [6.45, 7) is 0.799. The lowest BCUT2D eigenvalue weighted by atomic mass is 10.1. The first-order chi connectivity index (χ1) is 11.8. The van der Waals surface area contributed by atoms with Crippen molar-refractivity contribution in [1.29, 1.82) is 0 Å². The van der Waals surface area contributed by atoms with Crippen LogP contribution in [0.1, 0.15) is 17.9 Å². The van der Waals surface area contributed by atoms with Crippen LogP contribution in [0.2, 0.25) is 0 Å². The molecule has 0 spiro atoms. The molecule has 3 aromatic rings. The standard InChI is InChI=1S/C18H18N4OS/c23-17(20-14-6-7-16-19-8-9-22(16)11-14)10-15-12-24-18(21-15)13-4-2-1-3-5-13/h1-5,8-9,12,14H,6-7,10-11H2,(H,20,23)/t14-/m0/s1. The van der Waals surface area contributed by atoms with Gasteiger partial charge in [-0.3, -0.25) is 4.79 Å². The topological polar surface area (TPSA) is 59.8 Å². The number of hydrogen-bond acceptors (Lipinski definition) is 4. The molecule has 0 radical (unpaired) electrons. The van der Waals surface area contributed by atoms with Gasteiger partial charge >= 0.3 is 0 Å². The van der Waals surface area contributed by atoms with Gasteiger partial charge in [0, 0.05) is 42.3 Å². The summed E-state index contributed by atoms with van der Waals surface area (Å²) < 4.78 is 2.12. The summed E-state index contributed by atoms with van der Waals surface area (Å²) in [7, 11) is 0. The van der Waals surface area contributed by atoms with Gasteiger partial charge in [0.2, 0.25) is 5.91 Å². The normalized spacial score (nSPS) is 16.6. The highest BCUT2D eigenvalue weighted by Crippen LogP contribution is 2.23. The van der Waals surface area contributed by atoms with Crippen molar-refractivity contribution in [2.45, 2.75) is 31.8 Å². The van der Waals surface area contributed by atoms with Gasteiger partial charge in [0.25, 0.3) is 0 Å². The van der Waals surface area contributed by atoms with Gasteiger partial charge in [-0.05, 0) is 6.42 Å². The maximum Gasteiger partial charge on any atom is 0.226 e. The number of carbonyl (C=O) groups excluding carboxylic acids is 1. The lowest BCUT2D eigenvalue weighted by Crippen LogP contribution is -2.41. The van der Waals surface area contributed by atoms with Crippen LogP contribution >= 0.6 is 11.3 Å². The molecule has 3 heterocycles. The van der Waals surface area contributed by atoms with Gasteiger partial charge in [0.1, 0.15) is 10.8 Å². The summed E-state index contributed by atoms with van der Waals surface area (Å²) in [6.07, 6.45) is 5.97. The van der Waals surface area contributed by atoms with Crippen LogP contribution in [0.5, 0.6) is 0 Å². The van der Waals surface area contributed by atoms with E-state index in [2.05, 4.69) is 19.9 Å². The summed E-state index contributed by atoms with van der Waals surface area (Å²) in [4.78, 5) is 21.2. The van der Waals surface area contributed by atoms with Crippen LogP contribution < -0.4 is 5.32 Å². The summed E-state index contributed by atoms with van der Waals surface area (Å²) in [5.41, 5.74) is 1.92. The fourth-order valence-electron chi connectivity index (χ4n) is 3.03. The zero-order valence-corrected chi connectivity index (χ0v) is 14.0. The zero-order chi connectivity index (χ0) is 16.4. The maximum absolute atomic E-state index is 12.3. The quantitative estimate of drug-likeness (QED) is 0.796. The molecule has 1 atom stereocenters. The van der Waals surface area contributed by atoms with Gasteiger partial charge in [0.15, 0.2) is 0 Å². The molecule has 0 aliphatic carbocycles. The second kappa shape index (κ2) is 6.57. The van der Waals surface area contributed by atoms with Gasteiger partial charge in [-0.25, -0.2) is 9.97 Å². The van der Waals surface area contributed by atoms with E-state index in [-0.39, 0.29) is 11.9 Å². The van der Waals surface area contributed by atoms with Crippen molar-refractivity contribution >= 4 is 17.2 Å². The Kier molecular flexibility index (Phi) is 4.13. The van der Waals surface area contributed by atoms with Gasteiger partial charge in [-0.2, -0.15) is 0 Å². The highest BCUT2D eigenvalue weighted by atomic mass is 32.1. The average Bonchev–Trinajstić information content (AvgIpc) is 3.24. The molecular formula is C18H18N4OS. The van der Waals surface area contributed by atoms with Gasteiger partial charge < -0.3 is 9.88 Å². The molecule has 0 fully saturated rings. The number of nitrogens with zero attached hydrogens (tertiary/aromatic N) is 3. The van der Waals surface area contributed by atoms with Gasteiger partial charge in [0.05, 0.1) is 12.1 Å². The average molecular weight is 338 g/mol. The molecule has 6 heteroatoms. The molecule has 0 saturated heterocycles. The molecule has 1 aliphatic heterocycles. The van der Waals surface area contributed by atoms with E-state index in [0.717, 1.165) is 41.5 Å². The molecule has 0 unspecified atom stereocenters. The third-order valence-electron chi connectivity index (χ3n) is 4.21. The maximum atomic E-state index is 12.3. The van der Waals surface area contributed by atoms with E-state index < -0.39 is 0 Å². The van der Waals surface area contributed by atoms with Crippen LogP contribution in [0.25, 0.3) is 10.6 Å². The molecule has 1 N–H and O–H groups in total. The summed E-state index contributed by atoms with van der Waals surface area (Å²) >= 11 is 1.58. The predicted octanol–water partition coefficient (Wildman–Crippen LogP) is 2.68. The Hall–Kier alpha value is -2.47. The predicted molar refractivity (Wildman–Crippen MR) is 93.7 cm³/mol. The van der Waals surface area contributed by atoms with E-state index in [1.165, 1.54) is 0 Å². The third kappa shape index (κ3) is 3.23. The number of aromatic nitrogens is 3. The van der Waals surface area contributed by atoms with Crippen molar-refractivity contribution in [2.75, 3.05) is 0 Å². The van der Waals surface area contributed by atoms with Crippen molar-refractivity contribution in [3.63, 3.8) is 0 Å². The minimum Gasteiger partial charge on any atom is -0.351 e. The smallest absolute Gasteiger partial charge is 0.226 e. The summed E-state index contributed by atoms with van der Waals surface area (Å²) in [5.74, 6) is 1.14. The van der Waals surface area contributed by atoms with Crippen molar-refractivity contribution in [3.8, 4) is 10.6 Å². The number of aryl methyl sites for hydroxylation is 1. The number of thiazole rings is 1. The van der Waals surface area contributed by atoms with Crippen LogP contribution in [0.3, 0.4) is 0 Å². The lowest BCUT2D eigenvalue weighted by Gasteiger charge is -2.24. The minimum atomic E-state index is 0.0356. The lowest BCUT2D eigenvalue weighted by molar-refractivity contribution is -0.121. The van der Waals surface area contributed by atoms with E-state index in [0.29, 0.717) is 6.42 Å². The molecule has 2 aromatic heterocycles. The molecule has 0 bridgehead atoms. The number of carbonyl (C=O) groups is 1. The largest absolute Gasteiger partial charge is 0.351 e. The number of hydrogen-bond donors (Lipinski definition) is 1. The Morgan fingerprint density at radius 3 is 3.08 bits per heavy atom. The SMILES string of the molecule is O=C(Cc1csc(-c2ccccc2)n1)N[C@H]1CCc2nccn2C1. The minimum absolute atomic E-state index is 0.0356. The fraction of sp³-hybridized carbons (Fsp3) is 0.278. The molecular weight excluding hydrogens is 320 g/mol. The summed E-state index contributed by atoms with van der Waals surface area (Å²) in [5, 5.41) is 6.05. The molecule has 1 amide bonds. The number of nitrogens with one attached hydrogen (secondary N) is 1.